The molecule has 0 unspecified atom stereocenters. The van der Waals surface area contributed by atoms with Crippen LogP contribution in [0.3, 0.4) is 0 Å². The number of halogens is 2. The monoisotopic (exact) mass is 270 g/mol. The molecule has 0 spiro atoms. The van der Waals surface area contributed by atoms with Crippen LogP contribution in [0.25, 0.3) is 0 Å². The van der Waals surface area contributed by atoms with Gasteiger partial charge in [-0.3, -0.25) is 4.79 Å². The first-order chi connectivity index (χ1) is 9.02. The summed E-state index contributed by atoms with van der Waals surface area (Å²) >= 11 is 0. The number of amides is 1. The van der Waals surface area contributed by atoms with Crippen LogP contribution < -0.4 is 0 Å². The topological polar surface area (TPSA) is 70.5 Å². The maximum absolute atomic E-state index is 13.5. The zero-order chi connectivity index (χ0) is 14.0. The van der Waals surface area contributed by atoms with E-state index in [1.54, 1.807) is 0 Å². The normalized spacial score (nSPS) is 19.3. The van der Waals surface area contributed by atoms with Crippen molar-refractivity contribution in [1.29, 1.82) is 0 Å². The largest absolute Gasteiger partial charge is 0.480 e. The van der Waals surface area contributed by atoms with Crippen LogP contribution in [0.15, 0.2) is 12.3 Å². The molecule has 0 saturated carbocycles. The van der Waals surface area contributed by atoms with E-state index in [-0.39, 0.29) is 6.54 Å². The van der Waals surface area contributed by atoms with Crippen LogP contribution in [0.2, 0.25) is 0 Å². The third kappa shape index (κ3) is 2.54. The van der Waals surface area contributed by atoms with Gasteiger partial charge >= 0.3 is 5.97 Å². The number of hydrogen-bond acceptors (Lipinski definition) is 3. The molecule has 1 fully saturated rings. The molecular formula is C12H12F2N2O3. The Morgan fingerprint density at radius 2 is 2.11 bits per heavy atom. The molecular weight excluding hydrogens is 258 g/mol. The third-order valence-electron chi connectivity index (χ3n) is 3.13. The van der Waals surface area contributed by atoms with Gasteiger partial charge in [0.25, 0.3) is 5.91 Å². The van der Waals surface area contributed by atoms with Crippen molar-refractivity contribution < 1.29 is 23.5 Å². The van der Waals surface area contributed by atoms with E-state index in [2.05, 4.69) is 4.98 Å². The van der Waals surface area contributed by atoms with E-state index in [9.17, 15) is 18.4 Å². The van der Waals surface area contributed by atoms with Crippen LogP contribution in [0.4, 0.5) is 8.78 Å². The molecule has 102 valence electrons. The Morgan fingerprint density at radius 1 is 1.37 bits per heavy atom. The van der Waals surface area contributed by atoms with E-state index >= 15 is 0 Å². The van der Waals surface area contributed by atoms with E-state index in [1.807, 2.05) is 0 Å². The van der Waals surface area contributed by atoms with Gasteiger partial charge in [0, 0.05) is 12.7 Å². The van der Waals surface area contributed by atoms with Crippen LogP contribution >= 0.6 is 0 Å². The lowest BCUT2D eigenvalue weighted by Gasteiger charge is -2.33. The van der Waals surface area contributed by atoms with Crippen molar-refractivity contribution in [3.63, 3.8) is 0 Å². The number of pyridine rings is 1. The summed E-state index contributed by atoms with van der Waals surface area (Å²) in [6.07, 6.45) is 2.63. The lowest BCUT2D eigenvalue weighted by Crippen LogP contribution is -2.48. The van der Waals surface area contributed by atoms with Crippen molar-refractivity contribution in [1.82, 2.24) is 9.88 Å². The summed E-state index contributed by atoms with van der Waals surface area (Å²) in [4.78, 5) is 27.4. The zero-order valence-electron chi connectivity index (χ0n) is 9.97. The maximum atomic E-state index is 13.5. The number of rotatable bonds is 2. The average Bonchev–Trinajstić information content (AvgIpc) is 2.41. The fourth-order valence-corrected chi connectivity index (χ4v) is 2.17. The molecule has 0 bridgehead atoms. The van der Waals surface area contributed by atoms with Gasteiger partial charge in [-0.05, 0) is 25.3 Å². The van der Waals surface area contributed by atoms with Gasteiger partial charge in [-0.25, -0.2) is 14.2 Å². The third-order valence-corrected chi connectivity index (χ3v) is 3.13. The minimum atomic E-state index is -1.37. The highest BCUT2D eigenvalue weighted by atomic mass is 19.2. The molecule has 19 heavy (non-hydrogen) atoms. The SMILES string of the molecule is O=C(O)[C@@H]1CCCCN1C(=O)c1ccnc(F)c1F. The number of nitrogens with zero attached hydrogens (tertiary/aromatic N) is 2. The van der Waals surface area contributed by atoms with E-state index < -0.39 is 35.2 Å². The van der Waals surface area contributed by atoms with Crippen LogP contribution in [0, 0.1) is 11.8 Å². The van der Waals surface area contributed by atoms with Crippen molar-refractivity contribution in [2.75, 3.05) is 6.54 Å². The fourth-order valence-electron chi connectivity index (χ4n) is 2.17. The molecule has 1 amide bonds. The molecule has 5 nitrogen and oxygen atoms in total. The predicted molar refractivity (Wildman–Crippen MR) is 60.5 cm³/mol. The summed E-state index contributed by atoms with van der Waals surface area (Å²) in [7, 11) is 0. The van der Waals surface area contributed by atoms with Gasteiger partial charge in [-0.1, -0.05) is 0 Å². The summed E-state index contributed by atoms with van der Waals surface area (Å²) in [6, 6.07) is 0.0609. The number of carboxylic acids is 1. The Hall–Kier alpha value is -2.05. The van der Waals surface area contributed by atoms with Gasteiger partial charge in [0.1, 0.15) is 6.04 Å². The second kappa shape index (κ2) is 5.29. The highest BCUT2D eigenvalue weighted by molar-refractivity contribution is 5.96. The summed E-state index contributed by atoms with van der Waals surface area (Å²) in [5.74, 6) is -4.66. The Morgan fingerprint density at radius 3 is 2.79 bits per heavy atom. The number of carbonyl (C=O) groups is 2. The number of carboxylic acid groups (broad SMARTS) is 1. The van der Waals surface area contributed by atoms with Gasteiger partial charge in [-0.2, -0.15) is 4.39 Å². The first-order valence-electron chi connectivity index (χ1n) is 5.86. The highest BCUT2D eigenvalue weighted by Crippen LogP contribution is 2.21. The van der Waals surface area contributed by atoms with Crippen LogP contribution in [0.1, 0.15) is 29.6 Å². The second-order valence-corrected chi connectivity index (χ2v) is 4.31. The van der Waals surface area contributed by atoms with Gasteiger partial charge < -0.3 is 10.0 Å². The molecule has 1 aromatic rings. The first kappa shape index (κ1) is 13.4. The minimum Gasteiger partial charge on any atom is -0.480 e. The standard InChI is InChI=1S/C12H12F2N2O3/c13-9-7(4-5-15-10(9)14)11(17)16-6-2-1-3-8(16)12(18)19/h4-5,8H,1-3,6H2,(H,18,19)/t8-/m0/s1. The molecule has 1 aliphatic rings. The number of piperidine rings is 1. The lowest BCUT2D eigenvalue weighted by atomic mass is 10.0. The Bertz CT molecular complexity index is 522. The Kier molecular flexibility index (Phi) is 3.73. The zero-order valence-corrected chi connectivity index (χ0v) is 9.97. The smallest absolute Gasteiger partial charge is 0.326 e. The minimum absolute atomic E-state index is 0.221. The molecule has 1 aliphatic heterocycles. The summed E-state index contributed by atoms with van der Waals surface area (Å²) < 4.78 is 26.5. The van der Waals surface area contributed by atoms with E-state index in [0.29, 0.717) is 19.3 Å². The Labute approximate surface area is 107 Å². The summed E-state index contributed by atoms with van der Waals surface area (Å²) in [6.45, 7) is 0.221. The molecule has 0 aliphatic carbocycles. The van der Waals surface area contributed by atoms with E-state index in [0.717, 1.165) is 17.2 Å². The molecule has 2 rings (SSSR count). The molecule has 1 saturated heterocycles. The number of likely N-dealkylation sites (tertiary alicyclic amines) is 1. The van der Waals surface area contributed by atoms with E-state index in [4.69, 9.17) is 5.11 Å². The number of carbonyl (C=O) groups excluding carboxylic acids is 1. The number of aliphatic carboxylic acids is 1. The summed E-state index contributed by atoms with van der Waals surface area (Å²) in [5.41, 5.74) is -0.486. The fraction of sp³-hybridized carbons (Fsp3) is 0.417. The van der Waals surface area contributed by atoms with Crippen LogP contribution in [-0.2, 0) is 4.79 Å². The summed E-state index contributed by atoms with van der Waals surface area (Å²) in [5, 5.41) is 9.05. The van der Waals surface area contributed by atoms with Crippen molar-refractivity contribution in [3.8, 4) is 0 Å². The second-order valence-electron chi connectivity index (χ2n) is 4.31. The van der Waals surface area contributed by atoms with Crippen LogP contribution in [0.5, 0.6) is 0 Å². The molecule has 0 radical (unpaired) electrons. The van der Waals surface area contributed by atoms with Crippen molar-refractivity contribution in [2.45, 2.75) is 25.3 Å². The molecule has 1 N–H and O–H groups in total. The van der Waals surface area contributed by atoms with Crippen molar-refractivity contribution in [2.24, 2.45) is 0 Å². The number of aromatic nitrogens is 1. The molecule has 7 heteroatoms. The van der Waals surface area contributed by atoms with Crippen molar-refractivity contribution in [3.05, 3.63) is 29.6 Å². The lowest BCUT2D eigenvalue weighted by molar-refractivity contribution is -0.143. The molecule has 2 heterocycles. The quantitative estimate of drug-likeness (QED) is 0.825. The molecule has 1 aromatic heterocycles. The average molecular weight is 270 g/mol. The predicted octanol–water partition coefficient (Wildman–Crippen LogP) is 1.44. The number of hydrogen-bond donors (Lipinski definition) is 1. The van der Waals surface area contributed by atoms with Crippen LogP contribution in [-0.4, -0.2) is 39.5 Å². The maximum Gasteiger partial charge on any atom is 0.326 e. The van der Waals surface area contributed by atoms with Gasteiger partial charge in [0.15, 0.2) is 5.82 Å². The van der Waals surface area contributed by atoms with E-state index in [1.165, 1.54) is 0 Å². The first-order valence-corrected chi connectivity index (χ1v) is 5.86. The molecule has 0 aromatic carbocycles. The van der Waals surface area contributed by atoms with Gasteiger partial charge in [0.2, 0.25) is 5.95 Å². The van der Waals surface area contributed by atoms with Crippen molar-refractivity contribution >= 4 is 11.9 Å². The highest BCUT2D eigenvalue weighted by Gasteiger charge is 2.33. The molecule has 1 atom stereocenters. The van der Waals surface area contributed by atoms with Gasteiger partial charge in [-0.15, -0.1) is 0 Å². The Balaban J connectivity index is 2.31. The van der Waals surface area contributed by atoms with Gasteiger partial charge in [0.05, 0.1) is 5.56 Å².